The van der Waals surface area contributed by atoms with Crippen molar-refractivity contribution in [3.05, 3.63) is 82.9 Å². The van der Waals surface area contributed by atoms with Crippen molar-refractivity contribution in [3.8, 4) is 0 Å². The molecule has 110 valence electrons. The Morgan fingerprint density at radius 1 is 0.591 bits per heavy atom. The molecule has 2 aromatic rings. The first kappa shape index (κ1) is 13.6. The van der Waals surface area contributed by atoms with Crippen molar-refractivity contribution in [2.45, 2.75) is 37.5 Å². The molecule has 0 radical (unpaired) electrons. The van der Waals surface area contributed by atoms with Crippen LogP contribution in [0, 0.1) is 0 Å². The quantitative estimate of drug-likeness (QED) is 0.577. The lowest BCUT2D eigenvalue weighted by Gasteiger charge is -2.13. The van der Waals surface area contributed by atoms with E-state index in [1.165, 1.54) is 47.9 Å². The van der Waals surface area contributed by atoms with Crippen LogP contribution in [-0.4, -0.2) is 0 Å². The van der Waals surface area contributed by atoms with Crippen molar-refractivity contribution in [2.24, 2.45) is 0 Å². The van der Waals surface area contributed by atoms with Gasteiger partial charge in [-0.25, -0.2) is 0 Å². The number of fused-ring (bicyclic) bond motifs is 2. The summed E-state index contributed by atoms with van der Waals surface area (Å²) in [6, 6.07) is 17.6. The van der Waals surface area contributed by atoms with Gasteiger partial charge in [-0.3, -0.25) is 0 Å². The van der Waals surface area contributed by atoms with Crippen LogP contribution in [0.2, 0.25) is 0 Å². The van der Waals surface area contributed by atoms with Gasteiger partial charge >= 0.3 is 0 Å². The number of unbranched alkanes of at least 4 members (excludes halogenated alkanes) is 1. The van der Waals surface area contributed by atoms with Gasteiger partial charge in [-0.1, -0.05) is 85.7 Å². The zero-order valence-electron chi connectivity index (χ0n) is 12.9. The molecule has 4 rings (SSSR count). The molecular formula is C22H22. The summed E-state index contributed by atoms with van der Waals surface area (Å²) in [4.78, 5) is 0. The van der Waals surface area contributed by atoms with E-state index in [1.807, 2.05) is 0 Å². The SMILES string of the molecule is C1=CC(CCCCC2C=Cc3ccccc32)c2ccccc21. The smallest absolute Gasteiger partial charge is 0.00272 e. The van der Waals surface area contributed by atoms with Gasteiger partial charge in [0.25, 0.3) is 0 Å². The van der Waals surface area contributed by atoms with E-state index in [2.05, 4.69) is 72.8 Å². The lowest BCUT2D eigenvalue weighted by Crippen LogP contribution is -1.96. The average molecular weight is 286 g/mol. The van der Waals surface area contributed by atoms with Crippen LogP contribution < -0.4 is 0 Å². The number of hydrogen-bond acceptors (Lipinski definition) is 0. The summed E-state index contributed by atoms with van der Waals surface area (Å²) in [6.07, 6.45) is 14.5. The molecule has 0 nitrogen and oxygen atoms in total. The first-order chi connectivity index (χ1) is 10.9. The maximum atomic E-state index is 2.38. The molecule has 0 fully saturated rings. The van der Waals surface area contributed by atoms with Crippen LogP contribution in [0.4, 0.5) is 0 Å². The number of rotatable bonds is 5. The summed E-state index contributed by atoms with van der Waals surface area (Å²) in [7, 11) is 0. The molecule has 0 saturated heterocycles. The van der Waals surface area contributed by atoms with Gasteiger partial charge in [0.2, 0.25) is 0 Å². The first-order valence-electron chi connectivity index (χ1n) is 8.46. The molecule has 2 aliphatic rings. The Bertz CT molecular complexity index is 657. The molecule has 2 atom stereocenters. The summed E-state index contributed by atoms with van der Waals surface area (Å²) < 4.78 is 0. The van der Waals surface area contributed by atoms with Crippen LogP contribution in [0.5, 0.6) is 0 Å². The second kappa shape index (κ2) is 5.96. The Morgan fingerprint density at radius 3 is 1.55 bits per heavy atom. The van der Waals surface area contributed by atoms with Crippen molar-refractivity contribution < 1.29 is 0 Å². The van der Waals surface area contributed by atoms with Crippen LogP contribution in [-0.2, 0) is 0 Å². The summed E-state index contributed by atoms with van der Waals surface area (Å²) in [6.45, 7) is 0. The third kappa shape index (κ3) is 2.54. The zero-order valence-corrected chi connectivity index (χ0v) is 12.9. The lowest BCUT2D eigenvalue weighted by atomic mass is 9.91. The van der Waals surface area contributed by atoms with Gasteiger partial charge in [-0.05, 0) is 35.1 Å². The molecule has 2 aliphatic carbocycles. The van der Waals surface area contributed by atoms with E-state index in [9.17, 15) is 0 Å². The fourth-order valence-electron chi connectivity index (χ4n) is 3.88. The molecule has 0 N–H and O–H groups in total. The molecule has 2 aromatic carbocycles. The largest absolute Gasteiger partial charge is 0.0764 e. The predicted octanol–water partition coefficient (Wildman–Crippen LogP) is 6.17. The highest BCUT2D eigenvalue weighted by molar-refractivity contribution is 5.62. The first-order valence-corrected chi connectivity index (χ1v) is 8.46. The molecule has 0 heteroatoms. The van der Waals surface area contributed by atoms with E-state index >= 15 is 0 Å². The Labute approximate surface area is 133 Å². The monoisotopic (exact) mass is 286 g/mol. The summed E-state index contributed by atoms with van der Waals surface area (Å²) in [5.41, 5.74) is 5.88. The molecule has 0 heterocycles. The van der Waals surface area contributed by atoms with Gasteiger partial charge in [-0.15, -0.1) is 0 Å². The second-order valence-corrected chi connectivity index (χ2v) is 6.47. The van der Waals surface area contributed by atoms with Crippen LogP contribution in [0.25, 0.3) is 12.2 Å². The zero-order chi connectivity index (χ0) is 14.8. The van der Waals surface area contributed by atoms with E-state index in [0.29, 0.717) is 11.8 Å². The molecule has 0 aromatic heterocycles. The Kier molecular flexibility index (Phi) is 3.68. The molecule has 0 aliphatic heterocycles. The Balaban J connectivity index is 1.29. The van der Waals surface area contributed by atoms with Crippen molar-refractivity contribution in [1.29, 1.82) is 0 Å². The Morgan fingerprint density at radius 2 is 1.05 bits per heavy atom. The van der Waals surface area contributed by atoms with E-state index in [4.69, 9.17) is 0 Å². The van der Waals surface area contributed by atoms with Crippen LogP contribution in [0.15, 0.2) is 60.7 Å². The van der Waals surface area contributed by atoms with E-state index < -0.39 is 0 Å². The highest BCUT2D eigenvalue weighted by atomic mass is 14.2. The lowest BCUT2D eigenvalue weighted by molar-refractivity contribution is 0.592. The van der Waals surface area contributed by atoms with Crippen LogP contribution in [0.1, 0.15) is 59.8 Å². The maximum Gasteiger partial charge on any atom is 0.00272 e. The Hall–Kier alpha value is -2.08. The summed E-state index contributed by atoms with van der Waals surface area (Å²) in [5, 5.41) is 0. The maximum absolute atomic E-state index is 2.38. The van der Waals surface area contributed by atoms with Crippen molar-refractivity contribution in [3.63, 3.8) is 0 Å². The third-order valence-corrected chi connectivity index (χ3v) is 5.09. The van der Waals surface area contributed by atoms with Gasteiger partial charge in [0.15, 0.2) is 0 Å². The normalized spacial score (nSPS) is 21.1. The number of allylic oxidation sites excluding steroid dienone is 2. The minimum Gasteiger partial charge on any atom is -0.0764 e. The van der Waals surface area contributed by atoms with Gasteiger partial charge < -0.3 is 0 Å². The number of benzene rings is 2. The molecule has 0 amide bonds. The summed E-state index contributed by atoms with van der Waals surface area (Å²) >= 11 is 0. The fraction of sp³-hybridized carbons (Fsp3) is 0.273. The van der Waals surface area contributed by atoms with Crippen molar-refractivity contribution in [1.82, 2.24) is 0 Å². The van der Waals surface area contributed by atoms with Crippen LogP contribution >= 0.6 is 0 Å². The molecule has 0 saturated carbocycles. The predicted molar refractivity (Wildman–Crippen MR) is 94.9 cm³/mol. The molecule has 2 unspecified atom stereocenters. The van der Waals surface area contributed by atoms with Crippen molar-refractivity contribution in [2.75, 3.05) is 0 Å². The minimum atomic E-state index is 0.641. The highest BCUT2D eigenvalue weighted by Crippen LogP contribution is 2.36. The topological polar surface area (TPSA) is 0 Å². The molecule has 22 heavy (non-hydrogen) atoms. The van der Waals surface area contributed by atoms with Gasteiger partial charge in [0, 0.05) is 11.8 Å². The molecule has 0 bridgehead atoms. The average Bonchev–Trinajstić information content (AvgIpc) is 3.16. The van der Waals surface area contributed by atoms with Gasteiger partial charge in [-0.2, -0.15) is 0 Å². The highest BCUT2D eigenvalue weighted by Gasteiger charge is 2.18. The van der Waals surface area contributed by atoms with Crippen LogP contribution in [0.3, 0.4) is 0 Å². The summed E-state index contributed by atoms with van der Waals surface area (Å²) in [5.74, 6) is 1.28. The minimum absolute atomic E-state index is 0.641. The fourth-order valence-corrected chi connectivity index (χ4v) is 3.88. The van der Waals surface area contributed by atoms with Gasteiger partial charge in [0.1, 0.15) is 0 Å². The molecule has 0 spiro atoms. The number of hydrogen-bond donors (Lipinski definition) is 0. The standard InChI is InChI=1S/C22H22/c1(7-17-13-15-19-9-3-5-11-21(17)19)2-8-18-14-16-20-10-4-6-12-22(18)20/h3-6,9-18H,1-2,7-8H2. The van der Waals surface area contributed by atoms with E-state index in [1.54, 1.807) is 0 Å². The molecular weight excluding hydrogens is 264 g/mol. The van der Waals surface area contributed by atoms with Crippen molar-refractivity contribution >= 4 is 12.2 Å². The van der Waals surface area contributed by atoms with E-state index in [-0.39, 0.29) is 0 Å². The van der Waals surface area contributed by atoms with E-state index in [0.717, 1.165) is 0 Å². The third-order valence-electron chi connectivity index (χ3n) is 5.09. The second-order valence-electron chi connectivity index (χ2n) is 6.47. The van der Waals surface area contributed by atoms with Gasteiger partial charge in [0.05, 0.1) is 0 Å².